The zero-order valence-electron chi connectivity index (χ0n) is 12.4. The summed E-state index contributed by atoms with van der Waals surface area (Å²) in [5.41, 5.74) is 2.98. The van der Waals surface area contributed by atoms with E-state index in [1.807, 2.05) is 7.05 Å². The van der Waals surface area contributed by atoms with Gasteiger partial charge in [0.05, 0.1) is 0 Å². The third-order valence-corrected chi connectivity index (χ3v) is 4.07. The van der Waals surface area contributed by atoms with E-state index in [4.69, 9.17) is 0 Å². The minimum atomic E-state index is 0.430. The zero-order valence-corrected chi connectivity index (χ0v) is 12.4. The summed E-state index contributed by atoms with van der Waals surface area (Å²) in [7, 11) is 1.83. The minimum Gasteiger partial charge on any atom is -0.356 e. The molecule has 104 valence electrons. The van der Waals surface area contributed by atoms with Crippen LogP contribution in [0.4, 0.5) is 0 Å². The first-order valence-electron chi connectivity index (χ1n) is 7.16. The van der Waals surface area contributed by atoms with E-state index in [-0.39, 0.29) is 0 Å². The quantitative estimate of drug-likeness (QED) is 0.644. The molecule has 0 fully saturated rings. The molecular weight excluding hydrogens is 234 g/mol. The van der Waals surface area contributed by atoms with Crippen LogP contribution in [0, 0.1) is 5.92 Å². The number of nitrogens with zero attached hydrogens (tertiary/aromatic N) is 1. The van der Waals surface area contributed by atoms with Crippen molar-refractivity contribution in [3.05, 3.63) is 35.4 Å². The summed E-state index contributed by atoms with van der Waals surface area (Å²) in [6.45, 7) is 7.58. The molecule has 3 heteroatoms. The molecular formula is C16H25N3. The van der Waals surface area contributed by atoms with E-state index in [0.29, 0.717) is 17.9 Å². The van der Waals surface area contributed by atoms with E-state index < -0.39 is 0 Å². The Hall–Kier alpha value is -1.51. The summed E-state index contributed by atoms with van der Waals surface area (Å²) in [4.78, 5) is 4.29. The van der Waals surface area contributed by atoms with Crippen molar-refractivity contribution in [2.75, 3.05) is 13.6 Å². The third kappa shape index (κ3) is 3.28. The van der Waals surface area contributed by atoms with Gasteiger partial charge in [-0.05, 0) is 30.4 Å². The summed E-state index contributed by atoms with van der Waals surface area (Å²) in [5, 5.41) is 6.87. The smallest absolute Gasteiger partial charge is 0.191 e. The molecule has 0 aliphatic heterocycles. The lowest BCUT2D eigenvalue weighted by molar-refractivity contribution is 0.477. The number of nitrogens with one attached hydrogen (secondary N) is 2. The monoisotopic (exact) mass is 259 g/mol. The second-order valence-electron chi connectivity index (χ2n) is 5.73. The highest BCUT2D eigenvalue weighted by molar-refractivity contribution is 5.80. The van der Waals surface area contributed by atoms with Crippen molar-refractivity contribution in [3.63, 3.8) is 0 Å². The molecule has 1 aliphatic rings. The van der Waals surface area contributed by atoms with Crippen molar-refractivity contribution in [1.82, 2.24) is 10.6 Å². The summed E-state index contributed by atoms with van der Waals surface area (Å²) >= 11 is 0. The summed E-state index contributed by atoms with van der Waals surface area (Å²) in [5.74, 6) is 2.14. The van der Waals surface area contributed by atoms with Crippen molar-refractivity contribution >= 4 is 5.96 Å². The Balaban J connectivity index is 1.83. The van der Waals surface area contributed by atoms with Crippen molar-refractivity contribution in [1.29, 1.82) is 0 Å². The molecule has 0 amide bonds. The Labute approximate surface area is 116 Å². The lowest BCUT2D eigenvalue weighted by atomic mass is 9.78. The molecule has 2 unspecified atom stereocenters. The van der Waals surface area contributed by atoms with Gasteiger partial charge in [-0.15, -0.1) is 0 Å². The molecule has 0 saturated heterocycles. The van der Waals surface area contributed by atoms with Gasteiger partial charge in [-0.2, -0.15) is 0 Å². The van der Waals surface area contributed by atoms with Gasteiger partial charge in [0, 0.05) is 25.6 Å². The first-order chi connectivity index (χ1) is 9.11. The van der Waals surface area contributed by atoms with Crippen LogP contribution in [-0.2, 0) is 6.42 Å². The van der Waals surface area contributed by atoms with Gasteiger partial charge in [0.2, 0.25) is 0 Å². The molecule has 2 rings (SSSR count). The fourth-order valence-corrected chi connectivity index (χ4v) is 2.34. The van der Waals surface area contributed by atoms with E-state index in [0.717, 1.165) is 12.5 Å². The molecule has 19 heavy (non-hydrogen) atoms. The molecule has 0 radical (unpaired) electrons. The minimum absolute atomic E-state index is 0.430. The second kappa shape index (κ2) is 6.09. The number of fused-ring (bicyclic) bond motifs is 1. The Morgan fingerprint density at radius 1 is 1.32 bits per heavy atom. The maximum atomic E-state index is 4.29. The Morgan fingerprint density at radius 3 is 2.68 bits per heavy atom. The summed E-state index contributed by atoms with van der Waals surface area (Å²) in [6.07, 6.45) is 1.18. The standard InChI is InChI=1S/C16H25N3/c1-11(2)12(3)19-16(17-4)18-10-14-9-13-7-5-6-8-15(13)14/h5-8,11-12,14H,9-10H2,1-4H3,(H2,17,18,19). The molecule has 0 aromatic heterocycles. The van der Waals surface area contributed by atoms with Gasteiger partial charge >= 0.3 is 0 Å². The number of hydrogen-bond acceptors (Lipinski definition) is 1. The molecule has 0 heterocycles. The lowest BCUT2D eigenvalue weighted by Gasteiger charge is -2.31. The van der Waals surface area contributed by atoms with Crippen molar-refractivity contribution in [3.8, 4) is 0 Å². The van der Waals surface area contributed by atoms with Gasteiger partial charge in [0.25, 0.3) is 0 Å². The van der Waals surface area contributed by atoms with Gasteiger partial charge in [0.1, 0.15) is 0 Å². The maximum absolute atomic E-state index is 4.29. The van der Waals surface area contributed by atoms with E-state index in [1.54, 1.807) is 0 Å². The number of hydrogen-bond donors (Lipinski definition) is 2. The van der Waals surface area contributed by atoms with Crippen LogP contribution in [-0.4, -0.2) is 25.6 Å². The van der Waals surface area contributed by atoms with Crippen LogP contribution in [0.1, 0.15) is 37.8 Å². The molecule has 1 aromatic rings. The topological polar surface area (TPSA) is 36.4 Å². The first-order valence-corrected chi connectivity index (χ1v) is 7.16. The number of guanidine groups is 1. The van der Waals surface area contributed by atoms with E-state index >= 15 is 0 Å². The molecule has 0 bridgehead atoms. The van der Waals surface area contributed by atoms with Crippen LogP contribution in [0.15, 0.2) is 29.3 Å². The fraction of sp³-hybridized carbons (Fsp3) is 0.562. The Kier molecular flexibility index (Phi) is 4.46. The van der Waals surface area contributed by atoms with Gasteiger partial charge in [0.15, 0.2) is 5.96 Å². The predicted octanol–water partition coefficient (Wildman–Crippen LogP) is 2.54. The van der Waals surface area contributed by atoms with Gasteiger partial charge in [-0.1, -0.05) is 38.1 Å². The van der Waals surface area contributed by atoms with E-state index in [1.165, 1.54) is 17.5 Å². The molecule has 2 atom stereocenters. The molecule has 3 nitrogen and oxygen atoms in total. The highest BCUT2D eigenvalue weighted by Gasteiger charge is 2.25. The second-order valence-corrected chi connectivity index (χ2v) is 5.73. The molecule has 0 spiro atoms. The van der Waals surface area contributed by atoms with Crippen LogP contribution in [0.25, 0.3) is 0 Å². The molecule has 0 saturated carbocycles. The van der Waals surface area contributed by atoms with E-state index in [2.05, 4.69) is 60.7 Å². The zero-order chi connectivity index (χ0) is 13.8. The fourth-order valence-electron chi connectivity index (χ4n) is 2.34. The number of rotatable bonds is 4. The molecule has 1 aliphatic carbocycles. The van der Waals surface area contributed by atoms with Gasteiger partial charge < -0.3 is 10.6 Å². The summed E-state index contributed by atoms with van der Waals surface area (Å²) < 4.78 is 0. The first kappa shape index (κ1) is 13.9. The molecule has 2 N–H and O–H groups in total. The lowest BCUT2D eigenvalue weighted by Crippen LogP contribution is -2.46. The normalized spacial score (nSPS) is 19.6. The van der Waals surface area contributed by atoms with Crippen LogP contribution in [0.2, 0.25) is 0 Å². The Bertz CT molecular complexity index is 451. The van der Waals surface area contributed by atoms with Crippen LogP contribution in [0.5, 0.6) is 0 Å². The summed E-state index contributed by atoms with van der Waals surface area (Å²) in [6, 6.07) is 9.13. The van der Waals surface area contributed by atoms with Crippen LogP contribution >= 0.6 is 0 Å². The van der Waals surface area contributed by atoms with Gasteiger partial charge in [-0.3, -0.25) is 4.99 Å². The average molecular weight is 259 g/mol. The highest BCUT2D eigenvalue weighted by atomic mass is 15.2. The van der Waals surface area contributed by atoms with Crippen molar-refractivity contribution in [2.24, 2.45) is 10.9 Å². The largest absolute Gasteiger partial charge is 0.356 e. The van der Waals surface area contributed by atoms with Crippen molar-refractivity contribution < 1.29 is 0 Å². The number of aliphatic imine (C=N–C) groups is 1. The van der Waals surface area contributed by atoms with Crippen molar-refractivity contribution in [2.45, 2.75) is 39.2 Å². The molecule has 1 aromatic carbocycles. The SMILES string of the molecule is CN=C(NCC1Cc2ccccc21)NC(C)C(C)C. The Morgan fingerprint density at radius 2 is 2.05 bits per heavy atom. The van der Waals surface area contributed by atoms with Crippen LogP contribution in [0.3, 0.4) is 0 Å². The third-order valence-electron chi connectivity index (χ3n) is 4.07. The average Bonchev–Trinajstić information content (AvgIpc) is 2.38. The van der Waals surface area contributed by atoms with E-state index in [9.17, 15) is 0 Å². The maximum Gasteiger partial charge on any atom is 0.191 e. The number of benzene rings is 1. The highest BCUT2D eigenvalue weighted by Crippen LogP contribution is 2.33. The van der Waals surface area contributed by atoms with Crippen LogP contribution < -0.4 is 10.6 Å². The van der Waals surface area contributed by atoms with Gasteiger partial charge in [-0.25, -0.2) is 0 Å². The predicted molar refractivity (Wildman–Crippen MR) is 81.7 cm³/mol.